The van der Waals surface area contributed by atoms with Crippen LogP contribution in [-0.4, -0.2) is 34.7 Å². The van der Waals surface area contributed by atoms with E-state index in [0.29, 0.717) is 47.0 Å². The highest BCUT2D eigenvalue weighted by Crippen LogP contribution is 2.27. The van der Waals surface area contributed by atoms with E-state index in [2.05, 4.69) is 10.2 Å². The molecule has 0 fully saturated rings. The molecule has 6 nitrogen and oxygen atoms in total. The molecule has 0 unspecified atom stereocenters. The molecule has 2 aromatic carbocycles. The SMILES string of the molecule is CN(Cc1nnc(-c2ccccc2)o1)C(=O)CCCOc1ccc(Cl)cc1Cl. The van der Waals surface area contributed by atoms with Crippen molar-refractivity contribution in [2.75, 3.05) is 13.7 Å². The van der Waals surface area contributed by atoms with Gasteiger partial charge in [-0.2, -0.15) is 0 Å². The Kier molecular flexibility index (Phi) is 6.90. The minimum Gasteiger partial charge on any atom is -0.492 e. The smallest absolute Gasteiger partial charge is 0.247 e. The quantitative estimate of drug-likeness (QED) is 0.487. The van der Waals surface area contributed by atoms with Crippen molar-refractivity contribution in [2.24, 2.45) is 0 Å². The van der Waals surface area contributed by atoms with Crippen molar-refractivity contribution in [2.45, 2.75) is 19.4 Å². The van der Waals surface area contributed by atoms with Gasteiger partial charge >= 0.3 is 0 Å². The first kappa shape index (κ1) is 20.2. The van der Waals surface area contributed by atoms with E-state index < -0.39 is 0 Å². The highest BCUT2D eigenvalue weighted by atomic mass is 35.5. The fraction of sp³-hybridized carbons (Fsp3) is 0.250. The van der Waals surface area contributed by atoms with Crippen LogP contribution in [0.1, 0.15) is 18.7 Å². The first-order valence-electron chi connectivity index (χ1n) is 8.72. The molecule has 0 atom stereocenters. The second-order valence-electron chi connectivity index (χ2n) is 6.14. The third kappa shape index (κ3) is 5.47. The Labute approximate surface area is 173 Å². The van der Waals surface area contributed by atoms with Crippen LogP contribution in [0.3, 0.4) is 0 Å². The zero-order valence-corrected chi connectivity index (χ0v) is 16.8. The summed E-state index contributed by atoms with van der Waals surface area (Å²) < 4.78 is 11.2. The summed E-state index contributed by atoms with van der Waals surface area (Å²) in [5, 5.41) is 9.03. The molecule has 0 spiro atoms. The predicted octanol–water partition coefficient (Wildman–Crippen LogP) is 4.86. The van der Waals surface area contributed by atoms with Crippen LogP contribution >= 0.6 is 23.2 Å². The fourth-order valence-corrected chi connectivity index (χ4v) is 2.96. The van der Waals surface area contributed by atoms with E-state index in [1.807, 2.05) is 30.3 Å². The lowest BCUT2D eigenvalue weighted by Gasteiger charge is -2.15. The second-order valence-corrected chi connectivity index (χ2v) is 6.99. The summed E-state index contributed by atoms with van der Waals surface area (Å²) in [7, 11) is 1.70. The van der Waals surface area contributed by atoms with Gasteiger partial charge in [0.25, 0.3) is 0 Å². The van der Waals surface area contributed by atoms with Crippen LogP contribution in [0.4, 0.5) is 0 Å². The van der Waals surface area contributed by atoms with Gasteiger partial charge in [0.1, 0.15) is 5.75 Å². The molecule has 3 aromatic rings. The molecule has 0 saturated carbocycles. The molecule has 1 amide bonds. The highest BCUT2D eigenvalue weighted by Gasteiger charge is 2.14. The van der Waals surface area contributed by atoms with E-state index in [1.165, 1.54) is 0 Å². The van der Waals surface area contributed by atoms with Gasteiger partial charge < -0.3 is 14.1 Å². The van der Waals surface area contributed by atoms with Crippen LogP contribution in [0.2, 0.25) is 10.0 Å². The molecule has 0 aliphatic heterocycles. The second kappa shape index (κ2) is 9.57. The molecule has 3 rings (SSSR count). The first-order chi connectivity index (χ1) is 13.5. The van der Waals surface area contributed by atoms with Crippen molar-refractivity contribution in [3.05, 3.63) is 64.5 Å². The van der Waals surface area contributed by atoms with Crippen LogP contribution < -0.4 is 4.74 Å². The molecule has 0 bridgehead atoms. The van der Waals surface area contributed by atoms with Crippen molar-refractivity contribution in [1.82, 2.24) is 15.1 Å². The maximum Gasteiger partial charge on any atom is 0.247 e. The van der Waals surface area contributed by atoms with E-state index in [-0.39, 0.29) is 12.5 Å². The van der Waals surface area contributed by atoms with Crippen molar-refractivity contribution in [3.8, 4) is 17.2 Å². The van der Waals surface area contributed by atoms with Crippen LogP contribution in [0.25, 0.3) is 11.5 Å². The number of nitrogens with zero attached hydrogens (tertiary/aromatic N) is 3. The number of rotatable bonds is 8. The number of amides is 1. The van der Waals surface area contributed by atoms with Gasteiger partial charge in [-0.15, -0.1) is 10.2 Å². The number of carbonyl (C=O) groups excluding carboxylic acids is 1. The van der Waals surface area contributed by atoms with Crippen LogP contribution in [0, 0.1) is 0 Å². The molecule has 1 aromatic heterocycles. The lowest BCUT2D eigenvalue weighted by atomic mass is 10.2. The average molecular weight is 420 g/mol. The molecular formula is C20H19Cl2N3O3. The van der Waals surface area contributed by atoms with Crippen LogP contribution in [0.5, 0.6) is 5.75 Å². The fourth-order valence-electron chi connectivity index (χ4n) is 2.49. The van der Waals surface area contributed by atoms with Crippen molar-refractivity contribution in [1.29, 1.82) is 0 Å². The molecule has 0 aliphatic rings. The van der Waals surface area contributed by atoms with Crippen molar-refractivity contribution in [3.63, 3.8) is 0 Å². The van der Waals surface area contributed by atoms with Gasteiger partial charge in [0.05, 0.1) is 18.2 Å². The Balaban J connectivity index is 1.44. The number of aromatic nitrogens is 2. The Morgan fingerprint density at radius 1 is 1.14 bits per heavy atom. The third-order valence-corrected chi connectivity index (χ3v) is 4.50. The summed E-state index contributed by atoms with van der Waals surface area (Å²) in [5.41, 5.74) is 0.841. The molecular weight excluding hydrogens is 401 g/mol. The molecule has 1 heterocycles. The maximum atomic E-state index is 12.3. The summed E-state index contributed by atoms with van der Waals surface area (Å²) >= 11 is 11.9. The minimum absolute atomic E-state index is 0.0368. The van der Waals surface area contributed by atoms with Gasteiger partial charge in [-0.25, -0.2) is 0 Å². The van der Waals surface area contributed by atoms with Crippen LogP contribution in [-0.2, 0) is 11.3 Å². The van der Waals surface area contributed by atoms with E-state index in [4.69, 9.17) is 32.4 Å². The van der Waals surface area contributed by atoms with E-state index in [9.17, 15) is 4.79 Å². The molecule has 0 N–H and O–H groups in total. The zero-order valence-electron chi connectivity index (χ0n) is 15.3. The standard InChI is InChI=1S/C20H19Cl2N3O3/c1-25(13-18-23-24-20(28-18)14-6-3-2-4-7-14)19(26)8-5-11-27-17-10-9-15(21)12-16(17)22/h2-4,6-7,9-10,12H,5,8,11,13H2,1H3. The van der Waals surface area contributed by atoms with Gasteiger partial charge in [0.2, 0.25) is 17.7 Å². The summed E-state index contributed by atoms with van der Waals surface area (Å²) in [6.07, 6.45) is 0.891. The Bertz CT molecular complexity index is 931. The molecule has 28 heavy (non-hydrogen) atoms. The Morgan fingerprint density at radius 2 is 1.93 bits per heavy atom. The highest BCUT2D eigenvalue weighted by molar-refractivity contribution is 6.35. The summed E-state index contributed by atoms with van der Waals surface area (Å²) in [5.74, 6) is 1.33. The number of halogens is 2. The largest absolute Gasteiger partial charge is 0.492 e. The zero-order chi connectivity index (χ0) is 19.9. The topological polar surface area (TPSA) is 68.5 Å². The molecule has 0 radical (unpaired) electrons. The van der Waals surface area contributed by atoms with Crippen LogP contribution in [0.15, 0.2) is 52.9 Å². The lowest BCUT2D eigenvalue weighted by molar-refractivity contribution is -0.130. The predicted molar refractivity (Wildman–Crippen MR) is 107 cm³/mol. The van der Waals surface area contributed by atoms with Gasteiger partial charge in [-0.05, 0) is 36.8 Å². The number of hydrogen-bond donors (Lipinski definition) is 0. The average Bonchev–Trinajstić information content (AvgIpc) is 3.15. The third-order valence-electron chi connectivity index (χ3n) is 3.97. The lowest BCUT2D eigenvalue weighted by Crippen LogP contribution is -2.26. The van der Waals surface area contributed by atoms with E-state index in [0.717, 1.165) is 5.56 Å². The summed E-state index contributed by atoms with van der Waals surface area (Å²) in [6.45, 7) is 0.627. The van der Waals surface area contributed by atoms with Crippen molar-refractivity contribution < 1.29 is 13.9 Å². The minimum atomic E-state index is -0.0368. The Morgan fingerprint density at radius 3 is 2.68 bits per heavy atom. The van der Waals surface area contributed by atoms with Gasteiger partial charge in [0.15, 0.2) is 0 Å². The first-order valence-corrected chi connectivity index (χ1v) is 9.48. The number of carbonyl (C=O) groups is 1. The van der Waals surface area contributed by atoms with Gasteiger partial charge in [-0.1, -0.05) is 41.4 Å². The summed E-state index contributed by atoms with van der Waals surface area (Å²) in [6, 6.07) is 14.5. The maximum absolute atomic E-state index is 12.3. The molecule has 0 aliphatic carbocycles. The summed E-state index contributed by atoms with van der Waals surface area (Å²) in [4.78, 5) is 13.8. The Hall–Kier alpha value is -2.57. The van der Waals surface area contributed by atoms with Gasteiger partial charge in [0, 0.05) is 24.1 Å². The monoisotopic (exact) mass is 419 g/mol. The number of hydrogen-bond acceptors (Lipinski definition) is 5. The molecule has 8 heteroatoms. The molecule has 0 saturated heterocycles. The van der Waals surface area contributed by atoms with E-state index in [1.54, 1.807) is 30.1 Å². The normalized spacial score (nSPS) is 10.7. The molecule has 146 valence electrons. The van der Waals surface area contributed by atoms with Crippen molar-refractivity contribution >= 4 is 29.1 Å². The van der Waals surface area contributed by atoms with E-state index >= 15 is 0 Å². The number of ether oxygens (including phenoxy) is 1. The number of benzene rings is 2. The van der Waals surface area contributed by atoms with Gasteiger partial charge in [-0.3, -0.25) is 4.79 Å².